The van der Waals surface area contributed by atoms with Gasteiger partial charge in [0.15, 0.2) is 0 Å². The van der Waals surface area contributed by atoms with Gasteiger partial charge in [-0.1, -0.05) is 49.4 Å². The molecule has 4 heteroatoms. The number of fused-ring (bicyclic) bond motifs is 1. The highest BCUT2D eigenvalue weighted by atomic mass is 19.1. The summed E-state index contributed by atoms with van der Waals surface area (Å²) >= 11 is 0. The van der Waals surface area contributed by atoms with E-state index in [4.69, 9.17) is 9.47 Å². The van der Waals surface area contributed by atoms with Crippen molar-refractivity contribution in [3.05, 3.63) is 94.8 Å². The predicted molar refractivity (Wildman–Crippen MR) is 124 cm³/mol. The molecule has 160 valence electrons. The summed E-state index contributed by atoms with van der Waals surface area (Å²) in [5.74, 6) is 1.25. The third-order valence-corrected chi connectivity index (χ3v) is 5.52. The average Bonchev–Trinajstić information content (AvgIpc) is 2.82. The first-order chi connectivity index (χ1) is 15.2. The van der Waals surface area contributed by atoms with Gasteiger partial charge in [-0.3, -0.25) is 0 Å². The zero-order valence-electron chi connectivity index (χ0n) is 18.1. The first-order valence-electron chi connectivity index (χ1n) is 10.8. The van der Waals surface area contributed by atoms with Crippen molar-refractivity contribution in [2.24, 2.45) is 0 Å². The first kappa shape index (κ1) is 21.0. The number of benzene rings is 3. The van der Waals surface area contributed by atoms with Crippen molar-refractivity contribution < 1.29 is 13.9 Å². The molecule has 0 unspecified atom stereocenters. The van der Waals surface area contributed by atoms with E-state index in [1.54, 1.807) is 19.2 Å². The molecule has 0 radical (unpaired) electrons. The molecule has 0 saturated heterocycles. The largest absolute Gasteiger partial charge is 0.496 e. The molecule has 0 spiro atoms. The highest BCUT2D eigenvalue weighted by Crippen LogP contribution is 2.39. The fourth-order valence-electron chi connectivity index (χ4n) is 3.94. The molecule has 3 aromatic rings. The van der Waals surface area contributed by atoms with E-state index in [1.807, 2.05) is 24.3 Å². The summed E-state index contributed by atoms with van der Waals surface area (Å²) in [7, 11) is 1.63. The van der Waals surface area contributed by atoms with Crippen LogP contribution < -0.4 is 14.8 Å². The molecule has 0 atom stereocenters. The van der Waals surface area contributed by atoms with Crippen molar-refractivity contribution in [1.82, 2.24) is 0 Å². The molecule has 1 aliphatic carbocycles. The van der Waals surface area contributed by atoms with Crippen LogP contribution in [-0.2, 0) is 13.0 Å². The lowest BCUT2D eigenvalue weighted by Crippen LogP contribution is -2.06. The molecular formula is C27H28FNO2. The van der Waals surface area contributed by atoms with E-state index in [0.717, 1.165) is 53.8 Å². The van der Waals surface area contributed by atoms with Gasteiger partial charge in [-0.15, -0.1) is 0 Å². The van der Waals surface area contributed by atoms with E-state index in [1.165, 1.54) is 5.56 Å². The SMILES string of the molecule is CCCNc1cc(OC)c(C2=CCCc3cc(OCc4ccccc4)ccc32)cc1F. The van der Waals surface area contributed by atoms with E-state index in [9.17, 15) is 4.39 Å². The Bertz CT molecular complexity index is 1080. The standard InChI is InChI=1S/C27H28FNO2/c1-3-14-29-26-17-27(30-2)24(16-25(26)28)23-11-7-10-20-15-21(12-13-22(20)23)31-18-19-8-5-4-6-9-19/h4-6,8-9,11-13,15-17,29H,3,7,10,14,18H2,1-2H3. The maximum absolute atomic E-state index is 14.8. The van der Waals surface area contributed by atoms with Crippen LogP contribution in [-0.4, -0.2) is 13.7 Å². The molecule has 0 aromatic heterocycles. The van der Waals surface area contributed by atoms with Gasteiger partial charge in [-0.25, -0.2) is 4.39 Å². The van der Waals surface area contributed by atoms with Crippen LogP contribution in [0.25, 0.3) is 5.57 Å². The molecule has 3 aromatic carbocycles. The molecule has 0 fully saturated rings. The van der Waals surface area contributed by atoms with Gasteiger partial charge in [0.2, 0.25) is 0 Å². The lowest BCUT2D eigenvalue weighted by Gasteiger charge is -2.22. The van der Waals surface area contributed by atoms with Gasteiger partial charge in [0.25, 0.3) is 0 Å². The Morgan fingerprint density at radius 3 is 2.61 bits per heavy atom. The molecule has 1 aliphatic rings. The number of hydrogen-bond acceptors (Lipinski definition) is 3. The van der Waals surface area contributed by atoms with Gasteiger partial charge in [0.05, 0.1) is 12.8 Å². The maximum atomic E-state index is 14.8. The van der Waals surface area contributed by atoms with Gasteiger partial charge in [0, 0.05) is 18.2 Å². The van der Waals surface area contributed by atoms with Crippen LogP contribution in [0.15, 0.2) is 66.7 Å². The van der Waals surface area contributed by atoms with Crippen LogP contribution in [0.3, 0.4) is 0 Å². The Hall–Kier alpha value is -3.27. The van der Waals surface area contributed by atoms with E-state index < -0.39 is 0 Å². The minimum absolute atomic E-state index is 0.264. The number of anilines is 1. The summed E-state index contributed by atoms with van der Waals surface area (Å²) in [6.07, 6.45) is 4.92. The van der Waals surface area contributed by atoms with Gasteiger partial charge in [0.1, 0.15) is 23.9 Å². The highest BCUT2D eigenvalue weighted by molar-refractivity contribution is 5.86. The molecule has 0 heterocycles. The second kappa shape index (κ2) is 9.69. The molecule has 3 nitrogen and oxygen atoms in total. The van der Waals surface area contributed by atoms with Crippen molar-refractivity contribution in [2.45, 2.75) is 32.8 Å². The number of rotatable bonds is 8. The number of methoxy groups -OCH3 is 1. The summed E-state index contributed by atoms with van der Waals surface area (Å²) in [5, 5.41) is 3.13. The number of hydrogen-bond donors (Lipinski definition) is 1. The molecule has 4 rings (SSSR count). The van der Waals surface area contributed by atoms with Crippen molar-refractivity contribution in [3.63, 3.8) is 0 Å². The first-order valence-corrected chi connectivity index (χ1v) is 10.8. The maximum Gasteiger partial charge on any atom is 0.147 e. The molecule has 0 amide bonds. The molecule has 0 saturated carbocycles. The summed E-state index contributed by atoms with van der Waals surface area (Å²) < 4.78 is 26.4. The van der Waals surface area contributed by atoms with Crippen molar-refractivity contribution in [3.8, 4) is 11.5 Å². The zero-order chi connectivity index (χ0) is 21.6. The Labute approximate surface area is 183 Å². The minimum Gasteiger partial charge on any atom is -0.496 e. The van der Waals surface area contributed by atoms with E-state index in [-0.39, 0.29) is 5.82 Å². The lowest BCUT2D eigenvalue weighted by molar-refractivity contribution is 0.306. The molecule has 1 N–H and O–H groups in total. The van der Waals surface area contributed by atoms with Crippen molar-refractivity contribution in [2.75, 3.05) is 19.0 Å². The fourth-order valence-corrected chi connectivity index (χ4v) is 3.94. The van der Waals surface area contributed by atoms with Gasteiger partial charge < -0.3 is 14.8 Å². The Kier molecular flexibility index (Phi) is 6.56. The Morgan fingerprint density at radius 1 is 1.00 bits per heavy atom. The van der Waals surface area contributed by atoms with Crippen LogP contribution in [0.1, 0.15) is 42.0 Å². The predicted octanol–water partition coefficient (Wildman–Crippen LogP) is 6.61. The van der Waals surface area contributed by atoms with E-state index in [0.29, 0.717) is 18.0 Å². The van der Waals surface area contributed by atoms with Gasteiger partial charge in [-0.2, -0.15) is 0 Å². The van der Waals surface area contributed by atoms with Crippen LogP contribution >= 0.6 is 0 Å². The van der Waals surface area contributed by atoms with Gasteiger partial charge in [-0.05, 0) is 59.7 Å². The van der Waals surface area contributed by atoms with E-state index >= 15 is 0 Å². The summed E-state index contributed by atoms with van der Waals surface area (Å²) in [6, 6.07) is 19.6. The lowest BCUT2D eigenvalue weighted by atomic mass is 9.86. The molecule has 0 bridgehead atoms. The van der Waals surface area contributed by atoms with Crippen LogP contribution in [0.2, 0.25) is 0 Å². The molecule has 31 heavy (non-hydrogen) atoms. The van der Waals surface area contributed by atoms with E-state index in [2.05, 4.69) is 42.6 Å². The Balaban J connectivity index is 1.60. The second-order valence-corrected chi connectivity index (χ2v) is 7.71. The van der Waals surface area contributed by atoms with Gasteiger partial charge >= 0.3 is 0 Å². The van der Waals surface area contributed by atoms with Crippen molar-refractivity contribution in [1.29, 1.82) is 0 Å². The topological polar surface area (TPSA) is 30.5 Å². The number of nitrogens with one attached hydrogen (secondary N) is 1. The third-order valence-electron chi connectivity index (χ3n) is 5.52. The fraction of sp³-hybridized carbons (Fsp3) is 0.259. The van der Waals surface area contributed by atoms with Crippen LogP contribution in [0.5, 0.6) is 11.5 Å². The van der Waals surface area contributed by atoms with Crippen molar-refractivity contribution >= 4 is 11.3 Å². The zero-order valence-corrected chi connectivity index (χ0v) is 18.1. The smallest absolute Gasteiger partial charge is 0.147 e. The summed E-state index contributed by atoms with van der Waals surface area (Å²) in [6.45, 7) is 3.31. The monoisotopic (exact) mass is 417 g/mol. The average molecular weight is 418 g/mol. The molecular weight excluding hydrogens is 389 g/mol. The summed E-state index contributed by atoms with van der Waals surface area (Å²) in [4.78, 5) is 0. The second-order valence-electron chi connectivity index (χ2n) is 7.71. The number of allylic oxidation sites excluding steroid dienone is 1. The number of halogens is 1. The minimum atomic E-state index is -0.264. The normalized spacial score (nSPS) is 12.7. The Morgan fingerprint density at radius 2 is 1.84 bits per heavy atom. The number of aryl methyl sites for hydroxylation is 1. The summed E-state index contributed by atoms with van der Waals surface area (Å²) in [5.41, 5.74) is 5.71. The quantitative estimate of drug-likeness (QED) is 0.447. The highest BCUT2D eigenvalue weighted by Gasteiger charge is 2.20. The van der Waals surface area contributed by atoms with Crippen LogP contribution in [0.4, 0.5) is 10.1 Å². The third kappa shape index (κ3) is 4.74. The molecule has 0 aliphatic heterocycles. The van der Waals surface area contributed by atoms with Crippen LogP contribution in [0, 0.1) is 5.82 Å². The number of ether oxygens (including phenoxy) is 2.